The molecule has 170 valence electrons. The van der Waals surface area contributed by atoms with Crippen molar-refractivity contribution in [2.75, 3.05) is 4.90 Å². The lowest BCUT2D eigenvalue weighted by Crippen LogP contribution is -2.58. The van der Waals surface area contributed by atoms with Gasteiger partial charge in [0.15, 0.2) is 5.11 Å². The largest absolute Gasteiger partial charge is 0.417 e. The number of carbonyl (C=O) groups is 2. The first-order valence-corrected chi connectivity index (χ1v) is 10.6. The minimum atomic E-state index is -4.74. The highest BCUT2D eigenvalue weighted by Crippen LogP contribution is 2.50. The highest BCUT2D eigenvalue weighted by Gasteiger charge is 2.60. The fourth-order valence-electron chi connectivity index (χ4n) is 4.45. The zero-order valence-electron chi connectivity index (χ0n) is 17.3. The van der Waals surface area contributed by atoms with Gasteiger partial charge in [-0.3, -0.25) is 14.5 Å². The van der Waals surface area contributed by atoms with Crippen molar-refractivity contribution in [2.24, 2.45) is 5.73 Å². The van der Waals surface area contributed by atoms with Crippen LogP contribution in [0.3, 0.4) is 0 Å². The third-order valence-electron chi connectivity index (χ3n) is 6.27. The van der Waals surface area contributed by atoms with Gasteiger partial charge in [0.2, 0.25) is 5.91 Å². The number of thiocarbonyl (C=S) groups is 1. The molecule has 2 aliphatic rings. The number of halogens is 3. The van der Waals surface area contributed by atoms with Crippen molar-refractivity contribution in [1.82, 2.24) is 5.32 Å². The number of anilines is 1. The Hall–Kier alpha value is -3.45. The number of aryl methyl sites for hydroxylation is 1. The number of nitrogens with zero attached hydrogens (tertiary/aromatic N) is 2. The number of benzene rings is 2. The fraction of sp³-hybridized carbons (Fsp3) is 0.304. The first-order chi connectivity index (χ1) is 15.6. The molecule has 6 nitrogen and oxygen atoms in total. The van der Waals surface area contributed by atoms with E-state index in [0.29, 0.717) is 19.3 Å². The lowest BCUT2D eigenvalue weighted by Gasteiger charge is -2.45. The quantitative estimate of drug-likeness (QED) is 0.649. The molecule has 2 atom stereocenters. The predicted octanol–water partition coefficient (Wildman–Crippen LogP) is 3.53. The molecule has 1 aliphatic carbocycles. The number of amides is 2. The Morgan fingerprint density at radius 2 is 1.97 bits per heavy atom. The van der Waals surface area contributed by atoms with Crippen LogP contribution in [0.5, 0.6) is 0 Å². The molecule has 4 rings (SSSR count). The number of carbonyl (C=O) groups excluding carboxylic acids is 2. The molecule has 0 radical (unpaired) electrons. The van der Waals surface area contributed by atoms with Crippen LogP contribution in [0.25, 0.3) is 0 Å². The highest BCUT2D eigenvalue weighted by atomic mass is 32.1. The number of rotatable bonds is 5. The average molecular weight is 472 g/mol. The van der Waals surface area contributed by atoms with E-state index in [2.05, 4.69) is 5.32 Å². The van der Waals surface area contributed by atoms with Crippen molar-refractivity contribution >= 4 is 34.8 Å². The summed E-state index contributed by atoms with van der Waals surface area (Å²) in [6, 6.07) is 12.2. The lowest BCUT2D eigenvalue weighted by molar-refractivity contribution is -0.137. The number of alkyl halides is 3. The van der Waals surface area contributed by atoms with Crippen molar-refractivity contribution in [3.63, 3.8) is 0 Å². The zero-order chi connectivity index (χ0) is 24.0. The Morgan fingerprint density at radius 3 is 2.52 bits per heavy atom. The predicted molar refractivity (Wildman–Crippen MR) is 118 cm³/mol. The van der Waals surface area contributed by atoms with E-state index in [1.54, 1.807) is 0 Å². The molecule has 1 saturated heterocycles. The minimum Gasteiger partial charge on any atom is -0.370 e. The molecule has 1 aliphatic heterocycles. The highest BCUT2D eigenvalue weighted by molar-refractivity contribution is 7.80. The maximum absolute atomic E-state index is 13.4. The van der Waals surface area contributed by atoms with Crippen LogP contribution in [-0.4, -0.2) is 22.5 Å². The Morgan fingerprint density at radius 1 is 1.27 bits per heavy atom. The SMILES string of the molecule is N#Cc1ccc(N2C(=O)C3(CCC3c3ccc(CCC(N)=O)cc3)NC2=S)cc1C(F)(F)F. The van der Waals surface area contributed by atoms with Gasteiger partial charge in [0.1, 0.15) is 5.54 Å². The molecule has 2 amide bonds. The first-order valence-electron chi connectivity index (χ1n) is 10.2. The van der Waals surface area contributed by atoms with Gasteiger partial charge in [0, 0.05) is 12.3 Å². The Bertz CT molecular complexity index is 1190. The molecule has 1 saturated carbocycles. The van der Waals surface area contributed by atoms with Crippen LogP contribution in [0.15, 0.2) is 42.5 Å². The summed E-state index contributed by atoms with van der Waals surface area (Å²) in [6.07, 6.45) is -2.80. The standard InChI is InChI=1S/C23H19F3N4O2S/c24-23(25,26)18-11-16(7-6-15(18)12-27)30-20(32)22(29-21(30)33)10-9-17(22)14-4-1-13(2-5-14)3-8-19(28)31/h1-2,4-7,11,17H,3,8-10H2,(H2,28,31)(H,29,33). The normalized spacial score (nSPS) is 22.1. The van der Waals surface area contributed by atoms with Crippen molar-refractivity contribution in [1.29, 1.82) is 5.26 Å². The van der Waals surface area contributed by atoms with Crippen LogP contribution in [0.2, 0.25) is 0 Å². The first kappa shape index (κ1) is 22.7. The number of hydrogen-bond donors (Lipinski definition) is 2. The van der Waals surface area contributed by atoms with Crippen molar-refractivity contribution in [3.05, 3.63) is 64.7 Å². The third-order valence-corrected chi connectivity index (χ3v) is 6.55. The molecule has 3 N–H and O–H groups in total. The summed E-state index contributed by atoms with van der Waals surface area (Å²) in [5, 5.41) is 12.1. The summed E-state index contributed by atoms with van der Waals surface area (Å²) in [5.74, 6) is -1.01. The second-order valence-corrected chi connectivity index (χ2v) is 8.57. The van der Waals surface area contributed by atoms with Crippen molar-refractivity contribution < 1.29 is 22.8 Å². The third kappa shape index (κ3) is 3.93. The van der Waals surface area contributed by atoms with E-state index >= 15 is 0 Å². The maximum Gasteiger partial charge on any atom is 0.417 e. The van der Waals surface area contributed by atoms with Gasteiger partial charge < -0.3 is 11.1 Å². The van der Waals surface area contributed by atoms with Gasteiger partial charge >= 0.3 is 6.18 Å². The molecule has 0 bridgehead atoms. The lowest BCUT2D eigenvalue weighted by atomic mass is 9.63. The maximum atomic E-state index is 13.4. The number of primary amides is 1. The second-order valence-electron chi connectivity index (χ2n) is 8.18. The smallest absolute Gasteiger partial charge is 0.370 e. The second kappa shape index (κ2) is 8.15. The molecule has 2 aromatic carbocycles. The topological polar surface area (TPSA) is 99.2 Å². The fourth-order valence-corrected chi connectivity index (χ4v) is 4.82. The van der Waals surface area contributed by atoms with Crippen LogP contribution < -0.4 is 16.0 Å². The number of nitrogens with one attached hydrogen (secondary N) is 1. The van der Waals surface area contributed by atoms with E-state index < -0.39 is 28.7 Å². The van der Waals surface area contributed by atoms with Crippen LogP contribution in [0.4, 0.5) is 18.9 Å². The van der Waals surface area contributed by atoms with Gasteiger partial charge in [-0.05, 0) is 60.8 Å². The Balaban J connectivity index is 1.61. The monoisotopic (exact) mass is 472 g/mol. The molecule has 10 heteroatoms. The average Bonchev–Trinajstić information content (AvgIpc) is 3.03. The molecule has 0 aromatic heterocycles. The molecule has 2 unspecified atom stereocenters. The van der Waals surface area contributed by atoms with Gasteiger partial charge in [-0.2, -0.15) is 18.4 Å². The van der Waals surface area contributed by atoms with Crippen molar-refractivity contribution in [3.8, 4) is 6.07 Å². The van der Waals surface area contributed by atoms with E-state index in [0.717, 1.165) is 28.2 Å². The molecule has 1 spiro atoms. The van der Waals surface area contributed by atoms with Gasteiger partial charge in [-0.15, -0.1) is 0 Å². The molecule has 2 aromatic rings. The van der Waals surface area contributed by atoms with Gasteiger partial charge in [0.25, 0.3) is 5.91 Å². The molecular formula is C23H19F3N4O2S. The summed E-state index contributed by atoms with van der Waals surface area (Å²) >= 11 is 5.33. The summed E-state index contributed by atoms with van der Waals surface area (Å²) < 4.78 is 40.2. The van der Waals surface area contributed by atoms with E-state index in [9.17, 15) is 22.8 Å². The molecule has 33 heavy (non-hydrogen) atoms. The van der Waals surface area contributed by atoms with Gasteiger partial charge in [0.05, 0.1) is 22.9 Å². The summed E-state index contributed by atoms with van der Waals surface area (Å²) in [4.78, 5) is 25.5. The number of nitriles is 1. The van der Waals surface area contributed by atoms with Crippen LogP contribution >= 0.6 is 12.2 Å². The van der Waals surface area contributed by atoms with Crippen LogP contribution in [0, 0.1) is 11.3 Å². The van der Waals surface area contributed by atoms with Crippen LogP contribution in [0.1, 0.15) is 47.4 Å². The van der Waals surface area contributed by atoms with Gasteiger partial charge in [-0.1, -0.05) is 24.3 Å². The van der Waals surface area contributed by atoms with E-state index in [4.69, 9.17) is 23.2 Å². The number of nitrogens with two attached hydrogens (primary N) is 1. The van der Waals surface area contributed by atoms with E-state index in [1.807, 2.05) is 24.3 Å². The minimum absolute atomic E-state index is 0.0283. The molecular weight excluding hydrogens is 453 g/mol. The zero-order valence-corrected chi connectivity index (χ0v) is 18.1. The van der Waals surface area contributed by atoms with E-state index in [1.165, 1.54) is 12.1 Å². The summed E-state index contributed by atoms with van der Waals surface area (Å²) in [5.41, 5.74) is 4.31. The summed E-state index contributed by atoms with van der Waals surface area (Å²) in [7, 11) is 0. The Kier molecular flexibility index (Phi) is 5.62. The molecule has 2 fully saturated rings. The number of hydrogen-bond acceptors (Lipinski definition) is 4. The van der Waals surface area contributed by atoms with E-state index in [-0.39, 0.29) is 29.0 Å². The Labute approximate surface area is 193 Å². The van der Waals surface area contributed by atoms with Crippen molar-refractivity contribution in [2.45, 2.75) is 43.3 Å². The molecule has 1 heterocycles. The van der Waals surface area contributed by atoms with Crippen LogP contribution in [-0.2, 0) is 22.2 Å². The summed E-state index contributed by atoms with van der Waals surface area (Å²) in [6.45, 7) is 0. The van der Waals surface area contributed by atoms with Gasteiger partial charge in [-0.25, -0.2) is 0 Å².